The lowest BCUT2D eigenvalue weighted by atomic mass is 9.85. The van der Waals surface area contributed by atoms with E-state index in [1.807, 2.05) is 54.7 Å². The summed E-state index contributed by atoms with van der Waals surface area (Å²) in [5.74, 6) is 1.42. The smallest absolute Gasteiger partial charge is 0.158 e. The van der Waals surface area contributed by atoms with Gasteiger partial charge in [-0.3, -0.25) is 4.99 Å². The van der Waals surface area contributed by atoms with Crippen LogP contribution in [0.5, 0.6) is 0 Å². The molecule has 0 bridgehead atoms. The number of dihydropyridines is 1. The molecule has 1 atom stereocenters. The Morgan fingerprint density at radius 1 is 0.900 bits per heavy atom. The molecule has 50 heavy (non-hydrogen) atoms. The van der Waals surface area contributed by atoms with E-state index < -0.39 is 0 Å². The van der Waals surface area contributed by atoms with Gasteiger partial charge in [0.2, 0.25) is 0 Å². The number of hydrogen-bond donors (Lipinski definition) is 3. The highest BCUT2D eigenvalue weighted by molar-refractivity contribution is 6.12. The molecule has 244 valence electrons. The molecule has 2 aliphatic carbocycles. The minimum atomic E-state index is 0.375. The van der Waals surface area contributed by atoms with Gasteiger partial charge in [-0.2, -0.15) is 0 Å². The van der Waals surface area contributed by atoms with Gasteiger partial charge in [-0.25, -0.2) is 4.99 Å². The van der Waals surface area contributed by atoms with E-state index in [0.717, 1.165) is 41.7 Å². The van der Waals surface area contributed by atoms with E-state index in [1.165, 1.54) is 50.2 Å². The van der Waals surface area contributed by atoms with E-state index in [1.54, 1.807) is 0 Å². The van der Waals surface area contributed by atoms with E-state index in [4.69, 9.17) is 15.7 Å². The molecule has 5 aromatic rings. The molecule has 0 saturated heterocycles. The number of nitrogens with two attached hydrogens (primary N) is 1. The number of nitrogens with one attached hydrogen (secondary N) is 2. The maximum Gasteiger partial charge on any atom is 0.158 e. The second-order valence-corrected chi connectivity index (χ2v) is 13.3. The number of aliphatic imine (C=N–C) groups is 2. The third-order valence-electron chi connectivity index (χ3n) is 10.1. The van der Waals surface area contributed by atoms with Crippen LogP contribution in [0, 0.1) is 0 Å². The van der Waals surface area contributed by atoms with Crippen molar-refractivity contribution in [2.24, 2.45) is 15.7 Å². The summed E-state index contributed by atoms with van der Waals surface area (Å²) in [7, 11) is 0. The van der Waals surface area contributed by atoms with Gasteiger partial charge in [0.05, 0.1) is 18.6 Å². The lowest BCUT2D eigenvalue weighted by Crippen LogP contribution is -2.23. The molecular weight excluding hydrogens is 613 g/mol. The van der Waals surface area contributed by atoms with Crippen molar-refractivity contribution in [3.05, 3.63) is 178 Å². The highest BCUT2D eigenvalue weighted by Gasteiger charge is 2.30. The SMILES string of the molecule is N/C(=N\C(=N/Cc1ccccc1)C1=CNCC(n2c3c(c4cc(C5=CC=C6Nc7ccccc7C6C5)ccc42)C=CCC3)=C1)c1ccccc1. The number of rotatable bonds is 6. The zero-order valence-electron chi connectivity index (χ0n) is 27.8. The molecular formula is C44H38N6. The van der Waals surface area contributed by atoms with Gasteiger partial charge in [0.25, 0.3) is 0 Å². The Morgan fingerprint density at radius 2 is 1.72 bits per heavy atom. The van der Waals surface area contributed by atoms with Crippen LogP contribution in [0.25, 0.3) is 28.2 Å². The van der Waals surface area contributed by atoms with E-state index in [-0.39, 0.29) is 0 Å². The van der Waals surface area contributed by atoms with Gasteiger partial charge in [-0.15, -0.1) is 0 Å². The van der Waals surface area contributed by atoms with Crippen LogP contribution in [-0.2, 0) is 13.0 Å². The van der Waals surface area contributed by atoms with Crippen molar-refractivity contribution in [1.29, 1.82) is 0 Å². The Labute approximate surface area is 292 Å². The van der Waals surface area contributed by atoms with Crippen molar-refractivity contribution in [3.8, 4) is 0 Å². The van der Waals surface area contributed by atoms with Crippen LogP contribution in [0.15, 0.2) is 155 Å². The molecule has 0 amide bonds. The predicted molar refractivity (Wildman–Crippen MR) is 208 cm³/mol. The summed E-state index contributed by atoms with van der Waals surface area (Å²) < 4.78 is 2.46. The predicted octanol–water partition coefficient (Wildman–Crippen LogP) is 8.81. The summed E-state index contributed by atoms with van der Waals surface area (Å²) in [5, 5.41) is 8.46. The van der Waals surface area contributed by atoms with Gasteiger partial charge in [0.15, 0.2) is 5.84 Å². The fraction of sp³-hybridized carbons (Fsp3) is 0.136. The number of para-hydroxylation sites is 1. The first kappa shape index (κ1) is 30.0. The van der Waals surface area contributed by atoms with Crippen LogP contribution < -0.4 is 16.4 Å². The quantitative estimate of drug-likeness (QED) is 0.127. The standard InChI is InChI=1S/C44H38N6/c45-43(30-13-5-2-6-14-30)49-44(47-26-29-11-3-1-4-12-29)33-23-34(28-46-27-33)50-41-18-10-8-16-36(41)38-25-32(20-22-42(38)50)31-19-21-40-37(24-31)35-15-7-9-17-39(35)48-40/h1-9,11-17,19-23,25,27,37,46,48H,10,18,24,26,28H2,(H2,45,47,49). The fourth-order valence-corrected chi connectivity index (χ4v) is 7.68. The first-order valence-corrected chi connectivity index (χ1v) is 17.4. The summed E-state index contributed by atoms with van der Waals surface area (Å²) in [5.41, 5.74) is 21.1. The second-order valence-electron chi connectivity index (χ2n) is 13.3. The first-order chi connectivity index (χ1) is 24.7. The Bertz CT molecular complexity index is 2350. The molecule has 2 aliphatic heterocycles. The van der Waals surface area contributed by atoms with Crippen molar-refractivity contribution in [2.45, 2.75) is 31.7 Å². The third kappa shape index (κ3) is 5.49. The average molecular weight is 651 g/mol. The van der Waals surface area contributed by atoms with Crippen LogP contribution >= 0.6 is 0 Å². The van der Waals surface area contributed by atoms with Gasteiger partial charge < -0.3 is 20.9 Å². The van der Waals surface area contributed by atoms with Crippen molar-refractivity contribution >= 4 is 45.6 Å². The molecule has 0 radical (unpaired) electrons. The second kappa shape index (κ2) is 12.7. The van der Waals surface area contributed by atoms with E-state index in [9.17, 15) is 0 Å². The summed E-state index contributed by atoms with van der Waals surface area (Å²) in [6.45, 7) is 1.20. The first-order valence-electron chi connectivity index (χ1n) is 17.4. The number of amidine groups is 2. The monoisotopic (exact) mass is 650 g/mol. The number of nitrogens with zero attached hydrogens (tertiary/aromatic N) is 3. The zero-order chi connectivity index (χ0) is 33.4. The zero-order valence-corrected chi connectivity index (χ0v) is 27.8. The van der Waals surface area contributed by atoms with Crippen molar-refractivity contribution < 1.29 is 0 Å². The number of aromatic nitrogens is 1. The summed E-state index contributed by atoms with van der Waals surface area (Å²) >= 11 is 0. The number of allylic oxidation sites excluding steroid dienone is 5. The molecule has 9 rings (SSSR count). The highest BCUT2D eigenvalue weighted by atomic mass is 15.1. The molecule has 4 N–H and O–H groups in total. The largest absolute Gasteiger partial charge is 0.385 e. The number of anilines is 1. The minimum Gasteiger partial charge on any atom is -0.385 e. The molecule has 0 spiro atoms. The number of hydrogen-bond acceptors (Lipinski definition) is 3. The lowest BCUT2D eigenvalue weighted by molar-refractivity contribution is 0.849. The molecule has 1 unspecified atom stereocenters. The molecule has 6 nitrogen and oxygen atoms in total. The van der Waals surface area contributed by atoms with Gasteiger partial charge in [0.1, 0.15) is 5.84 Å². The van der Waals surface area contributed by atoms with Crippen LogP contribution in [0.2, 0.25) is 0 Å². The van der Waals surface area contributed by atoms with E-state index >= 15 is 0 Å². The van der Waals surface area contributed by atoms with Crippen LogP contribution in [-0.4, -0.2) is 22.8 Å². The molecule has 0 saturated carbocycles. The topological polar surface area (TPSA) is 79.7 Å². The molecule has 6 heteroatoms. The maximum atomic E-state index is 6.57. The third-order valence-corrected chi connectivity index (χ3v) is 10.1. The van der Waals surface area contributed by atoms with Crippen molar-refractivity contribution in [2.75, 3.05) is 11.9 Å². The number of fused-ring (bicyclic) bond motifs is 6. The summed E-state index contributed by atoms with van der Waals surface area (Å²) in [6, 6.07) is 35.9. The van der Waals surface area contributed by atoms with Crippen LogP contribution in [0.1, 0.15) is 52.3 Å². The Morgan fingerprint density at radius 3 is 2.60 bits per heavy atom. The van der Waals surface area contributed by atoms with E-state index in [2.05, 4.69) is 100 Å². The molecule has 4 aromatic carbocycles. The fourth-order valence-electron chi connectivity index (χ4n) is 7.68. The van der Waals surface area contributed by atoms with Crippen molar-refractivity contribution in [1.82, 2.24) is 9.88 Å². The van der Waals surface area contributed by atoms with Gasteiger partial charge >= 0.3 is 0 Å². The highest BCUT2D eigenvalue weighted by Crippen LogP contribution is 2.46. The van der Waals surface area contributed by atoms with Crippen LogP contribution in [0.4, 0.5) is 5.69 Å². The normalized spacial score (nSPS) is 18.2. The summed E-state index contributed by atoms with van der Waals surface area (Å²) in [6.07, 6.45) is 16.4. The summed E-state index contributed by atoms with van der Waals surface area (Å²) in [4.78, 5) is 9.92. The Hall–Kier alpha value is -6.14. The Balaban J connectivity index is 1.09. The van der Waals surface area contributed by atoms with Crippen LogP contribution in [0.3, 0.4) is 0 Å². The van der Waals surface area contributed by atoms with Gasteiger partial charge in [-0.1, -0.05) is 103 Å². The lowest BCUT2D eigenvalue weighted by Gasteiger charge is -2.21. The molecule has 1 aromatic heterocycles. The maximum absolute atomic E-state index is 6.57. The van der Waals surface area contributed by atoms with Crippen molar-refractivity contribution in [3.63, 3.8) is 0 Å². The van der Waals surface area contributed by atoms with E-state index in [0.29, 0.717) is 30.7 Å². The Kier molecular flexibility index (Phi) is 7.62. The van der Waals surface area contributed by atoms with Gasteiger partial charge in [0, 0.05) is 57.0 Å². The minimum absolute atomic E-state index is 0.375. The molecule has 0 fully saturated rings. The number of benzene rings is 4. The van der Waals surface area contributed by atoms with Gasteiger partial charge in [-0.05, 0) is 71.9 Å². The average Bonchev–Trinajstić information content (AvgIpc) is 3.72. The molecule has 3 heterocycles. The molecule has 4 aliphatic rings.